The molecule has 0 aliphatic heterocycles. The van der Waals surface area contributed by atoms with Gasteiger partial charge in [0.05, 0.1) is 4.90 Å². The second-order valence-electron chi connectivity index (χ2n) is 4.43. The Labute approximate surface area is 101 Å². The number of benzene rings is 1. The Balaban J connectivity index is 2.16. The van der Waals surface area contributed by atoms with Crippen molar-refractivity contribution in [3.05, 3.63) is 29.8 Å². The van der Waals surface area contributed by atoms with Crippen molar-refractivity contribution in [1.29, 1.82) is 0 Å². The lowest BCUT2D eigenvalue weighted by Crippen LogP contribution is -2.14. The van der Waals surface area contributed by atoms with Gasteiger partial charge in [0.1, 0.15) is 5.78 Å². The molecule has 1 aliphatic rings. The number of hydrogen-bond donors (Lipinski definition) is 1. The van der Waals surface area contributed by atoms with Crippen LogP contribution in [0.3, 0.4) is 0 Å². The lowest BCUT2D eigenvalue weighted by molar-refractivity contribution is -0.120. The minimum Gasteiger partial charge on any atom is -0.300 e. The molecular formula is C12H15NO3S. The first-order chi connectivity index (χ1) is 7.97. The summed E-state index contributed by atoms with van der Waals surface area (Å²) in [5.41, 5.74) is 1.09. The van der Waals surface area contributed by atoms with Crippen LogP contribution in [0.5, 0.6) is 0 Å². The number of primary sulfonamides is 1. The zero-order chi connectivity index (χ0) is 12.5. The Morgan fingerprint density at radius 2 is 1.59 bits per heavy atom. The van der Waals surface area contributed by atoms with Crippen LogP contribution in [0.15, 0.2) is 29.2 Å². The van der Waals surface area contributed by atoms with Gasteiger partial charge in [-0.1, -0.05) is 12.1 Å². The van der Waals surface area contributed by atoms with Crippen molar-refractivity contribution < 1.29 is 13.2 Å². The summed E-state index contributed by atoms with van der Waals surface area (Å²) in [7, 11) is -3.61. The van der Waals surface area contributed by atoms with Gasteiger partial charge in [-0.15, -0.1) is 0 Å². The number of carbonyl (C=O) groups is 1. The van der Waals surface area contributed by atoms with Crippen LogP contribution in [-0.2, 0) is 14.8 Å². The zero-order valence-corrected chi connectivity index (χ0v) is 10.2. The van der Waals surface area contributed by atoms with Crippen molar-refractivity contribution in [3.63, 3.8) is 0 Å². The maximum absolute atomic E-state index is 11.1. The van der Waals surface area contributed by atoms with E-state index in [-0.39, 0.29) is 4.90 Å². The lowest BCUT2D eigenvalue weighted by Gasteiger charge is -2.21. The number of Topliss-reactive ketones (excluding diaryl/α,β-unsaturated/α-hetero) is 1. The number of carbonyl (C=O) groups excluding carboxylic acids is 1. The Morgan fingerprint density at radius 1 is 1.06 bits per heavy atom. The summed E-state index contributed by atoms with van der Waals surface area (Å²) in [6.07, 6.45) is 2.96. The second kappa shape index (κ2) is 4.58. The molecule has 2 N–H and O–H groups in total. The smallest absolute Gasteiger partial charge is 0.238 e. The molecule has 17 heavy (non-hydrogen) atoms. The first-order valence-corrected chi connectivity index (χ1v) is 7.16. The highest BCUT2D eigenvalue weighted by Crippen LogP contribution is 2.31. The van der Waals surface area contributed by atoms with Crippen molar-refractivity contribution in [2.45, 2.75) is 36.5 Å². The van der Waals surface area contributed by atoms with Gasteiger partial charge < -0.3 is 0 Å². The van der Waals surface area contributed by atoms with Crippen molar-refractivity contribution in [3.8, 4) is 0 Å². The highest BCUT2D eigenvalue weighted by Gasteiger charge is 2.20. The fourth-order valence-corrected chi connectivity index (χ4v) is 2.72. The van der Waals surface area contributed by atoms with E-state index in [1.807, 2.05) is 0 Å². The fourth-order valence-electron chi connectivity index (χ4n) is 2.20. The first-order valence-electron chi connectivity index (χ1n) is 5.61. The largest absolute Gasteiger partial charge is 0.300 e. The predicted molar refractivity (Wildman–Crippen MR) is 64.0 cm³/mol. The molecule has 0 bridgehead atoms. The van der Waals surface area contributed by atoms with E-state index < -0.39 is 10.0 Å². The van der Waals surface area contributed by atoms with Crippen molar-refractivity contribution in [2.24, 2.45) is 5.14 Å². The van der Waals surface area contributed by atoms with Crippen molar-refractivity contribution in [1.82, 2.24) is 0 Å². The topological polar surface area (TPSA) is 77.2 Å². The van der Waals surface area contributed by atoms with Crippen molar-refractivity contribution in [2.75, 3.05) is 0 Å². The van der Waals surface area contributed by atoms with E-state index in [4.69, 9.17) is 5.14 Å². The quantitative estimate of drug-likeness (QED) is 0.868. The van der Waals surface area contributed by atoms with Gasteiger partial charge >= 0.3 is 0 Å². The molecule has 1 aromatic rings. The second-order valence-corrected chi connectivity index (χ2v) is 5.99. The fraction of sp³-hybridized carbons (Fsp3) is 0.417. The molecule has 0 amide bonds. The van der Waals surface area contributed by atoms with Crippen LogP contribution in [-0.4, -0.2) is 14.2 Å². The van der Waals surface area contributed by atoms with E-state index in [9.17, 15) is 13.2 Å². The minimum absolute atomic E-state index is 0.133. The van der Waals surface area contributed by atoms with Crippen LogP contribution in [0.4, 0.5) is 0 Å². The molecule has 0 radical (unpaired) electrons. The van der Waals surface area contributed by atoms with Gasteiger partial charge in [0.2, 0.25) is 10.0 Å². The van der Waals surface area contributed by atoms with Gasteiger partial charge in [-0.25, -0.2) is 13.6 Å². The molecule has 2 rings (SSSR count). The molecular weight excluding hydrogens is 238 g/mol. The summed E-state index contributed by atoms with van der Waals surface area (Å²) < 4.78 is 22.2. The monoisotopic (exact) mass is 253 g/mol. The van der Waals surface area contributed by atoms with Crippen LogP contribution in [0.2, 0.25) is 0 Å². The van der Waals surface area contributed by atoms with Gasteiger partial charge in [-0.2, -0.15) is 0 Å². The van der Waals surface area contributed by atoms with Gasteiger partial charge in [0, 0.05) is 12.8 Å². The molecule has 0 saturated heterocycles. The number of nitrogens with two attached hydrogens (primary N) is 1. The van der Waals surface area contributed by atoms with Gasteiger partial charge in [-0.3, -0.25) is 4.79 Å². The Hall–Kier alpha value is -1.20. The third-order valence-electron chi connectivity index (χ3n) is 3.22. The number of sulfonamides is 1. The summed E-state index contributed by atoms with van der Waals surface area (Å²) in [6, 6.07) is 6.64. The average Bonchev–Trinajstić information content (AvgIpc) is 2.29. The van der Waals surface area contributed by atoms with Gasteiger partial charge in [0.25, 0.3) is 0 Å². The average molecular weight is 253 g/mol. The summed E-state index contributed by atoms with van der Waals surface area (Å²) in [5, 5.41) is 5.03. The normalized spacial score (nSPS) is 18.3. The summed E-state index contributed by atoms with van der Waals surface area (Å²) >= 11 is 0. The van der Waals surface area contributed by atoms with E-state index >= 15 is 0 Å². The number of ketones is 1. The number of hydrogen-bond acceptors (Lipinski definition) is 3. The van der Waals surface area contributed by atoms with Crippen LogP contribution >= 0.6 is 0 Å². The Bertz CT molecular complexity index is 509. The maximum atomic E-state index is 11.1. The molecule has 0 spiro atoms. The summed E-state index contributed by atoms with van der Waals surface area (Å²) in [4.78, 5) is 11.3. The molecule has 0 aromatic heterocycles. The van der Waals surface area contributed by atoms with Crippen molar-refractivity contribution >= 4 is 15.8 Å². The molecule has 5 heteroatoms. The maximum Gasteiger partial charge on any atom is 0.238 e. The molecule has 92 valence electrons. The molecule has 0 unspecified atom stereocenters. The van der Waals surface area contributed by atoms with E-state index in [1.54, 1.807) is 12.1 Å². The van der Waals surface area contributed by atoms with E-state index in [0.717, 1.165) is 18.4 Å². The Morgan fingerprint density at radius 3 is 2.06 bits per heavy atom. The van der Waals surface area contributed by atoms with E-state index in [0.29, 0.717) is 24.5 Å². The predicted octanol–water partition coefficient (Wildman–Crippen LogP) is 1.56. The van der Waals surface area contributed by atoms with Crippen LogP contribution < -0.4 is 5.14 Å². The highest BCUT2D eigenvalue weighted by molar-refractivity contribution is 7.89. The Kier molecular flexibility index (Phi) is 3.31. The SMILES string of the molecule is NS(=O)(=O)c1ccc(C2CCC(=O)CC2)cc1. The molecule has 1 saturated carbocycles. The third kappa shape index (κ3) is 2.92. The summed E-state index contributed by atoms with van der Waals surface area (Å²) in [6.45, 7) is 0. The summed E-state index contributed by atoms with van der Waals surface area (Å²) in [5.74, 6) is 0.685. The molecule has 1 fully saturated rings. The molecule has 1 aliphatic carbocycles. The number of rotatable bonds is 2. The lowest BCUT2D eigenvalue weighted by atomic mass is 9.83. The third-order valence-corrected chi connectivity index (χ3v) is 4.15. The van der Waals surface area contributed by atoms with Crippen LogP contribution in [0, 0.1) is 0 Å². The van der Waals surface area contributed by atoms with Gasteiger partial charge in [-0.05, 0) is 36.5 Å². The van der Waals surface area contributed by atoms with Crippen LogP contribution in [0.25, 0.3) is 0 Å². The molecule has 4 nitrogen and oxygen atoms in total. The molecule has 1 aromatic carbocycles. The van der Waals surface area contributed by atoms with E-state index in [1.165, 1.54) is 12.1 Å². The molecule has 0 heterocycles. The van der Waals surface area contributed by atoms with Crippen LogP contribution in [0.1, 0.15) is 37.2 Å². The first kappa shape index (κ1) is 12.3. The van der Waals surface area contributed by atoms with E-state index in [2.05, 4.69) is 0 Å². The zero-order valence-electron chi connectivity index (χ0n) is 9.43. The minimum atomic E-state index is -3.61. The van der Waals surface area contributed by atoms with Gasteiger partial charge in [0.15, 0.2) is 0 Å². The molecule has 0 atom stereocenters. The standard InChI is InChI=1S/C12H15NO3S/c13-17(15,16)12-7-3-10(4-8-12)9-1-5-11(14)6-2-9/h3-4,7-9H,1-2,5-6H2,(H2,13,15,16). The highest BCUT2D eigenvalue weighted by atomic mass is 32.2.